The van der Waals surface area contributed by atoms with Gasteiger partial charge in [0.05, 0.1) is 16.2 Å². The fourth-order valence-electron chi connectivity index (χ4n) is 1.94. The third-order valence-electron chi connectivity index (χ3n) is 2.88. The Hall–Kier alpha value is -2.40. The van der Waals surface area contributed by atoms with E-state index in [-0.39, 0.29) is 5.02 Å². The molecule has 0 atom stereocenters. The minimum atomic E-state index is -0.513. The molecule has 0 aliphatic rings. The van der Waals surface area contributed by atoms with Crippen molar-refractivity contribution in [3.8, 4) is 0 Å². The SMILES string of the molecule is O=Cc1cccc2[nH]c(Nc3cccc(F)c3Cl)nc12. The number of carbonyl (C=O) groups is 1. The number of halogens is 2. The van der Waals surface area contributed by atoms with Gasteiger partial charge < -0.3 is 10.3 Å². The summed E-state index contributed by atoms with van der Waals surface area (Å²) in [7, 11) is 0. The maximum Gasteiger partial charge on any atom is 0.205 e. The van der Waals surface area contributed by atoms with Gasteiger partial charge in [-0.15, -0.1) is 0 Å². The van der Waals surface area contributed by atoms with Crippen molar-refractivity contribution in [1.82, 2.24) is 9.97 Å². The second-order valence-electron chi connectivity index (χ2n) is 4.17. The summed E-state index contributed by atoms with van der Waals surface area (Å²) >= 11 is 5.87. The van der Waals surface area contributed by atoms with Gasteiger partial charge in [-0.1, -0.05) is 23.7 Å². The van der Waals surface area contributed by atoms with Crippen LogP contribution in [-0.4, -0.2) is 16.3 Å². The highest BCUT2D eigenvalue weighted by Crippen LogP contribution is 2.27. The van der Waals surface area contributed by atoms with Crippen LogP contribution in [0.4, 0.5) is 16.0 Å². The molecule has 0 aliphatic carbocycles. The Morgan fingerprint density at radius 3 is 2.85 bits per heavy atom. The highest BCUT2D eigenvalue weighted by atomic mass is 35.5. The van der Waals surface area contributed by atoms with E-state index in [4.69, 9.17) is 11.6 Å². The van der Waals surface area contributed by atoms with Gasteiger partial charge in [0.1, 0.15) is 11.3 Å². The van der Waals surface area contributed by atoms with Crippen LogP contribution in [0, 0.1) is 5.82 Å². The monoisotopic (exact) mass is 289 g/mol. The lowest BCUT2D eigenvalue weighted by Crippen LogP contribution is -1.94. The van der Waals surface area contributed by atoms with Gasteiger partial charge in [0.25, 0.3) is 0 Å². The van der Waals surface area contributed by atoms with Crippen LogP contribution in [0.2, 0.25) is 5.02 Å². The van der Waals surface area contributed by atoms with Crippen molar-refractivity contribution in [2.45, 2.75) is 0 Å². The Labute approximate surface area is 118 Å². The zero-order valence-electron chi connectivity index (χ0n) is 10.2. The summed E-state index contributed by atoms with van der Waals surface area (Å²) in [6.07, 6.45) is 0.738. The van der Waals surface area contributed by atoms with E-state index in [9.17, 15) is 9.18 Å². The Morgan fingerprint density at radius 2 is 2.05 bits per heavy atom. The average molecular weight is 290 g/mol. The standard InChI is InChI=1S/C14H9ClFN3O/c15-12-9(16)4-2-5-10(12)17-14-18-11-6-1-3-8(7-20)13(11)19-14/h1-7H,(H2,17,18,19). The normalized spacial score (nSPS) is 10.7. The first kappa shape index (κ1) is 12.6. The fourth-order valence-corrected chi connectivity index (χ4v) is 2.11. The third kappa shape index (κ3) is 2.12. The molecule has 0 amide bonds. The first-order chi connectivity index (χ1) is 9.69. The van der Waals surface area contributed by atoms with Crippen molar-refractivity contribution >= 4 is 40.6 Å². The number of imidazole rings is 1. The van der Waals surface area contributed by atoms with Crippen molar-refractivity contribution in [3.63, 3.8) is 0 Å². The molecule has 20 heavy (non-hydrogen) atoms. The molecule has 0 aliphatic heterocycles. The van der Waals surface area contributed by atoms with Crippen LogP contribution < -0.4 is 5.32 Å². The number of para-hydroxylation sites is 1. The van der Waals surface area contributed by atoms with Gasteiger partial charge in [0, 0.05) is 5.56 Å². The van der Waals surface area contributed by atoms with Crippen LogP contribution >= 0.6 is 11.6 Å². The van der Waals surface area contributed by atoms with Crippen molar-refractivity contribution in [2.24, 2.45) is 0 Å². The Kier molecular flexibility index (Phi) is 3.12. The summed E-state index contributed by atoms with van der Waals surface area (Å²) in [4.78, 5) is 18.2. The number of nitrogens with zero attached hydrogens (tertiary/aromatic N) is 1. The van der Waals surface area contributed by atoms with E-state index in [0.29, 0.717) is 28.2 Å². The van der Waals surface area contributed by atoms with Gasteiger partial charge >= 0.3 is 0 Å². The molecule has 4 nitrogen and oxygen atoms in total. The number of anilines is 2. The topological polar surface area (TPSA) is 57.8 Å². The number of nitrogens with one attached hydrogen (secondary N) is 2. The number of hydrogen-bond donors (Lipinski definition) is 2. The third-order valence-corrected chi connectivity index (χ3v) is 3.26. The molecule has 3 aromatic rings. The largest absolute Gasteiger partial charge is 0.324 e. The number of hydrogen-bond acceptors (Lipinski definition) is 3. The summed E-state index contributed by atoms with van der Waals surface area (Å²) in [5, 5.41) is 2.89. The fraction of sp³-hybridized carbons (Fsp3) is 0. The zero-order valence-corrected chi connectivity index (χ0v) is 10.9. The lowest BCUT2D eigenvalue weighted by atomic mass is 10.2. The Bertz CT molecular complexity index is 800. The van der Waals surface area contributed by atoms with Gasteiger partial charge in [-0.05, 0) is 24.3 Å². The predicted molar refractivity (Wildman–Crippen MR) is 76.2 cm³/mol. The minimum absolute atomic E-state index is 0.0106. The zero-order chi connectivity index (χ0) is 14.1. The lowest BCUT2D eigenvalue weighted by molar-refractivity contribution is 0.112. The minimum Gasteiger partial charge on any atom is -0.324 e. The summed E-state index contributed by atoms with van der Waals surface area (Å²) in [6.45, 7) is 0. The number of aromatic nitrogens is 2. The molecule has 0 spiro atoms. The molecule has 3 rings (SSSR count). The van der Waals surface area contributed by atoms with E-state index in [1.165, 1.54) is 6.07 Å². The second kappa shape index (κ2) is 4.94. The molecule has 0 radical (unpaired) electrons. The summed E-state index contributed by atoms with van der Waals surface area (Å²) in [6, 6.07) is 9.69. The van der Waals surface area contributed by atoms with Crippen molar-refractivity contribution in [3.05, 3.63) is 52.8 Å². The number of H-pyrrole nitrogens is 1. The smallest absolute Gasteiger partial charge is 0.205 e. The van der Waals surface area contributed by atoms with Gasteiger partial charge in [0.2, 0.25) is 5.95 Å². The van der Waals surface area contributed by atoms with E-state index in [1.807, 2.05) is 0 Å². The second-order valence-corrected chi connectivity index (χ2v) is 4.55. The number of fused-ring (bicyclic) bond motifs is 1. The first-order valence-corrected chi connectivity index (χ1v) is 6.22. The van der Waals surface area contributed by atoms with Crippen LogP contribution in [-0.2, 0) is 0 Å². The Morgan fingerprint density at radius 1 is 1.25 bits per heavy atom. The molecule has 1 aromatic heterocycles. The number of rotatable bonds is 3. The van der Waals surface area contributed by atoms with E-state index in [2.05, 4.69) is 15.3 Å². The summed E-state index contributed by atoms with van der Waals surface area (Å²) in [5.74, 6) is -0.122. The molecule has 100 valence electrons. The molecule has 0 unspecified atom stereocenters. The molecular formula is C14H9ClFN3O. The van der Waals surface area contributed by atoms with Crippen molar-refractivity contribution in [1.29, 1.82) is 0 Å². The number of aldehydes is 1. The van der Waals surface area contributed by atoms with Crippen LogP contribution in [0.5, 0.6) is 0 Å². The number of aromatic amines is 1. The maximum atomic E-state index is 13.4. The van der Waals surface area contributed by atoms with Gasteiger partial charge in [0.15, 0.2) is 6.29 Å². The van der Waals surface area contributed by atoms with Gasteiger partial charge in [-0.25, -0.2) is 9.37 Å². The van der Waals surface area contributed by atoms with Crippen molar-refractivity contribution < 1.29 is 9.18 Å². The van der Waals surface area contributed by atoms with Crippen molar-refractivity contribution in [2.75, 3.05) is 5.32 Å². The van der Waals surface area contributed by atoms with Gasteiger partial charge in [-0.2, -0.15) is 0 Å². The van der Waals surface area contributed by atoms with Crippen LogP contribution in [0.15, 0.2) is 36.4 Å². The molecule has 0 saturated heterocycles. The molecule has 2 aromatic carbocycles. The molecular weight excluding hydrogens is 281 g/mol. The van der Waals surface area contributed by atoms with E-state index in [1.54, 1.807) is 30.3 Å². The molecule has 0 bridgehead atoms. The van der Waals surface area contributed by atoms with E-state index in [0.717, 1.165) is 6.29 Å². The predicted octanol–water partition coefficient (Wildman–Crippen LogP) is 3.91. The molecule has 0 fully saturated rings. The van der Waals surface area contributed by atoms with Crippen LogP contribution in [0.1, 0.15) is 10.4 Å². The lowest BCUT2D eigenvalue weighted by Gasteiger charge is -2.05. The van der Waals surface area contributed by atoms with Gasteiger partial charge in [-0.3, -0.25) is 4.79 Å². The highest BCUT2D eigenvalue weighted by molar-refractivity contribution is 6.33. The average Bonchev–Trinajstić information content (AvgIpc) is 2.86. The van der Waals surface area contributed by atoms with E-state index >= 15 is 0 Å². The van der Waals surface area contributed by atoms with Crippen LogP contribution in [0.3, 0.4) is 0 Å². The highest BCUT2D eigenvalue weighted by Gasteiger charge is 2.10. The summed E-state index contributed by atoms with van der Waals surface area (Å²) < 4.78 is 13.4. The number of carbonyl (C=O) groups excluding carboxylic acids is 1. The Balaban J connectivity index is 2.03. The molecule has 6 heteroatoms. The molecule has 1 heterocycles. The first-order valence-electron chi connectivity index (χ1n) is 5.84. The van der Waals surface area contributed by atoms with E-state index < -0.39 is 5.82 Å². The molecule has 0 saturated carbocycles. The number of benzene rings is 2. The molecule has 2 N–H and O–H groups in total. The van der Waals surface area contributed by atoms with Crippen LogP contribution in [0.25, 0.3) is 11.0 Å². The quantitative estimate of drug-likeness (QED) is 0.719. The summed E-state index contributed by atoms with van der Waals surface area (Å²) in [5.41, 5.74) is 2.15. The maximum absolute atomic E-state index is 13.4.